The van der Waals surface area contributed by atoms with Crippen LogP contribution in [0.25, 0.3) is 0 Å². The molecule has 6 rings (SSSR count). The summed E-state index contributed by atoms with van der Waals surface area (Å²) in [6, 6.07) is 22.6. The topological polar surface area (TPSA) is 115 Å². The Morgan fingerprint density at radius 3 is 2.30 bits per heavy atom. The van der Waals surface area contributed by atoms with Gasteiger partial charge < -0.3 is 10.1 Å². The number of rotatable bonds is 7. The highest BCUT2D eigenvalue weighted by molar-refractivity contribution is 9.10. The van der Waals surface area contributed by atoms with Gasteiger partial charge in [-0.25, -0.2) is 9.69 Å². The Balaban J connectivity index is 1.33. The van der Waals surface area contributed by atoms with Gasteiger partial charge in [0.25, 0.3) is 0 Å². The lowest BCUT2D eigenvalue weighted by Crippen LogP contribution is -2.33. The second-order valence-electron chi connectivity index (χ2n) is 9.91. The molecule has 3 heterocycles. The lowest BCUT2D eigenvalue weighted by atomic mass is 9.83. The molecule has 9 nitrogen and oxygen atoms in total. The molecule has 1 saturated heterocycles. The fourth-order valence-corrected chi connectivity index (χ4v) is 8.40. The molecular weight excluding hydrogens is 654 g/mol. The van der Waals surface area contributed by atoms with E-state index >= 15 is 0 Å². The van der Waals surface area contributed by atoms with Gasteiger partial charge in [0.1, 0.15) is 11.8 Å². The monoisotopic (exact) mass is 677 g/mol. The van der Waals surface area contributed by atoms with Crippen molar-refractivity contribution in [2.24, 2.45) is 5.92 Å². The molecule has 1 N–H and O–H groups in total. The summed E-state index contributed by atoms with van der Waals surface area (Å²) < 4.78 is 7.22. The van der Waals surface area contributed by atoms with Gasteiger partial charge in [0.15, 0.2) is 0 Å². The molecule has 4 aromatic rings. The number of carbonyl (C=O) groups excluding carboxylic acids is 4. The van der Waals surface area contributed by atoms with Crippen LogP contribution in [0, 0.1) is 5.92 Å². The summed E-state index contributed by atoms with van der Waals surface area (Å²) in [6.45, 7) is 1.69. The van der Waals surface area contributed by atoms with Crippen molar-refractivity contribution >= 4 is 74.1 Å². The first kappa shape index (κ1) is 29.1. The van der Waals surface area contributed by atoms with Gasteiger partial charge in [0.2, 0.25) is 17.7 Å². The first-order valence-corrected chi connectivity index (χ1v) is 15.9. The Morgan fingerprint density at radius 2 is 1.63 bits per heavy atom. The number of amides is 3. The van der Waals surface area contributed by atoms with Crippen LogP contribution in [0.1, 0.15) is 33.6 Å². The summed E-state index contributed by atoms with van der Waals surface area (Å²) in [6.07, 6.45) is 0. The van der Waals surface area contributed by atoms with E-state index in [-0.39, 0.29) is 29.8 Å². The summed E-state index contributed by atoms with van der Waals surface area (Å²) >= 11 is 5.61. The van der Waals surface area contributed by atoms with Crippen LogP contribution in [-0.4, -0.2) is 40.1 Å². The zero-order chi connectivity index (χ0) is 30.2. The number of anilines is 2. The Kier molecular flexibility index (Phi) is 8.08. The van der Waals surface area contributed by atoms with Gasteiger partial charge in [-0.15, -0.1) is 0 Å². The lowest BCUT2D eigenvalue weighted by Gasteiger charge is -2.30. The highest BCUT2D eigenvalue weighted by Gasteiger charge is 2.56. The van der Waals surface area contributed by atoms with Gasteiger partial charge in [-0.05, 0) is 61.0 Å². The number of imide groups is 1. The third kappa shape index (κ3) is 5.46. The number of hydrogen-bond acceptors (Lipinski definition) is 8. The number of thiazole rings is 1. The lowest BCUT2D eigenvalue weighted by molar-refractivity contribution is -0.122. The van der Waals surface area contributed by atoms with Crippen molar-refractivity contribution in [2.75, 3.05) is 16.8 Å². The van der Waals surface area contributed by atoms with E-state index in [4.69, 9.17) is 4.74 Å². The number of carbonyl (C=O) groups is 4. The largest absolute Gasteiger partial charge is 0.462 e. The molecule has 2 unspecified atom stereocenters. The van der Waals surface area contributed by atoms with Gasteiger partial charge in [-0.3, -0.25) is 23.7 Å². The number of halogens is 1. The van der Waals surface area contributed by atoms with Crippen LogP contribution >= 0.6 is 39.0 Å². The van der Waals surface area contributed by atoms with Crippen molar-refractivity contribution in [3.05, 3.63) is 109 Å². The van der Waals surface area contributed by atoms with E-state index in [1.54, 1.807) is 55.5 Å². The van der Waals surface area contributed by atoms with Gasteiger partial charge >= 0.3 is 10.8 Å². The van der Waals surface area contributed by atoms with Crippen molar-refractivity contribution < 1.29 is 23.9 Å². The smallest absolute Gasteiger partial charge is 0.338 e. The number of hydrogen-bond donors (Lipinski definition) is 1. The van der Waals surface area contributed by atoms with Crippen LogP contribution in [0.5, 0.6) is 0 Å². The highest BCUT2D eigenvalue weighted by Crippen LogP contribution is 2.53. The minimum absolute atomic E-state index is 0.253. The highest BCUT2D eigenvalue weighted by atomic mass is 79.9. The normalized spacial score (nSPS) is 19.1. The first-order chi connectivity index (χ1) is 20.8. The van der Waals surface area contributed by atoms with Crippen molar-refractivity contribution in [3.63, 3.8) is 0 Å². The van der Waals surface area contributed by atoms with Crippen LogP contribution in [0.2, 0.25) is 0 Å². The molecule has 0 spiro atoms. The van der Waals surface area contributed by atoms with Crippen molar-refractivity contribution in [3.8, 4) is 0 Å². The average Bonchev–Trinajstić information content (AvgIpc) is 3.44. The molecule has 0 radical (unpaired) electrons. The van der Waals surface area contributed by atoms with Gasteiger partial charge in [0.05, 0.1) is 28.8 Å². The maximum absolute atomic E-state index is 13.9. The van der Waals surface area contributed by atoms with Crippen molar-refractivity contribution in [2.45, 2.75) is 29.7 Å². The third-order valence-corrected chi connectivity index (χ3v) is 10.4. The quantitative estimate of drug-likeness (QED) is 0.209. The maximum Gasteiger partial charge on any atom is 0.338 e. The maximum atomic E-state index is 13.9. The van der Waals surface area contributed by atoms with E-state index < -0.39 is 29.0 Å². The number of nitrogens with zero attached hydrogens (tertiary/aromatic N) is 2. The molecule has 3 amide bonds. The number of para-hydroxylation sites is 1. The number of benzene rings is 3. The minimum Gasteiger partial charge on any atom is -0.462 e. The SMILES string of the molecule is CCOC(=O)c1ccc(NC(=O)Cn2c3c(sc2=O)[C@H](c2ccc(Br)cc2)C2C(=O)N(c4ccccc4)C(=O)C2S3)cc1. The molecule has 3 atom stereocenters. The Bertz CT molecular complexity index is 1790. The van der Waals surface area contributed by atoms with Crippen LogP contribution in [-0.2, 0) is 25.7 Å². The van der Waals surface area contributed by atoms with E-state index in [2.05, 4.69) is 21.2 Å². The fourth-order valence-electron chi connectivity index (χ4n) is 5.36. The van der Waals surface area contributed by atoms with E-state index in [9.17, 15) is 24.0 Å². The van der Waals surface area contributed by atoms with E-state index in [0.29, 0.717) is 26.8 Å². The fraction of sp³-hybridized carbons (Fsp3) is 0.194. The molecule has 43 heavy (non-hydrogen) atoms. The summed E-state index contributed by atoms with van der Waals surface area (Å²) in [4.78, 5) is 67.6. The number of thioether (sulfide) groups is 1. The number of nitrogens with one attached hydrogen (secondary N) is 1. The molecule has 12 heteroatoms. The molecule has 0 bridgehead atoms. The molecule has 0 aliphatic carbocycles. The predicted molar refractivity (Wildman–Crippen MR) is 168 cm³/mol. The van der Waals surface area contributed by atoms with Gasteiger partial charge in [-0.1, -0.05) is 69.4 Å². The number of ether oxygens (including phenoxy) is 1. The van der Waals surface area contributed by atoms with E-state index in [1.807, 2.05) is 30.3 Å². The van der Waals surface area contributed by atoms with Crippen LogP contribution in [0.15, 0.2) is 93.2 Å². The third-order valence-electron chi connectivity index (χ3n) is 7.27. The first-order valence-electron chi connectivity index (χ1n) is 13.4. The van der Waals surface area contributed by atoms with Crippen LogP contribution in [0.3, 0.4) is 0 Å². The van der Waals surface area contributed by atoms with Gasteiger partial charge in [0, 0.05) is 21.0 Å². The van der Waals surface area contributed by atoms with Crippen molar-refractivity contribution in [1.82, 2.24) is 4.57 Å². The number of fused-ring (bicyclic) bond motifs is 2. The average molecular weight is 679 g/mol. The van der Waals surface area contributed by atoms with E-state index in [0.717, 1.165) is 21.4 Å². The molecule has 2 aliphatic rings. The van der Waals surface area contributed by atoms with E-state index in [1.165, 1.54) is 21.2 Å². The molecule has 2 aliphatic heterocycles. The molecule has 3 aromatic carbocycles. The number of aromatic nitrogens is 1. The second kappa shape index (κ2) is 11.9. The van der Waals surface area contributed by atoms with Crippen LogP contribution in [0.4, 0.5) is 11.4 Å². The van der Waals surface area contributed by atoms with Crippen LogP contribution < -0.4 is 15.1 Å². The number of esters is 1. The predicted octanol–water partition coefficient (Wildman–Crippen LogP) is 5.28. The zero-order valence-corrected chi connectivity index (χ0v) is 25.9. The van der Waals surface area contributed by atoms with Crippen molar-refractivity contribution in [1.29, 1.82) is 0 Å². The molecule has 1 aromatic heterocycles. The Hall–Kier alpha value is -4.00. The Morgan fingerprint density at radius 1 is 0.930 bits per heavy atom. The standard InChI is InChI=1S/C31H24BrN3O6S2/c1-2-41-30(39)18-10-14-20(15-11-18)33-22(36)16-34-29-26(43-31(34)40)23(17-8-12-19(32)13-9-17)24-25(42-29)28(38)35(27(24)37)21-6-4-3-5-7-21/h3-15,23-25H,2,16H2,1H3,(H,33,36)/t23-,24?,25?/m1/s1. The summed E-state index contributed by atoms with van der Waals surface area (Å²) in [5.41, 5.74) is 2.10. The molecular formula is C31H24BrN3O6S2. The molecule has 0 saturated carbocycles. The summed E-state index contributed by atoms with van der Waals surface area (Å²) in [5.74, 6) is -2.84. The summed E-state index contributed by atoms with van der Waals surface area (Å²) in [5, 5.41) is 2.50. The zero-order valence-electron chi connectivity index (χ0n) is 22.7. The summed E-state index contributed by atoms with van der Waals surface area (Å²) in [7, 11) is 0. The second-order valence-corrected chi connectivity index (χ2v) is 12.9. The molecule has 1 fully saturated rings. The van der Waals surface area contributed by atoms with Gasteiger partial charge in [-0.2, -0.15) is 0 Å². The Labute approximate surface area is 263 Å². The molecule has 218 valence electrons. The minimum atomic E-state index is -0.771.